The van der Waals surface area contributed by atoms with Crippen LogP contribution in [0, 0.1) is 17.8 Å². The highest BCUT2D eigenvalue weighted by molar-refractivity contribution is 5.81. The number of nitrogens with zero attached hydrogens (tertiary/aromatic N) is 2. The maximum atomic E-state index is 14.5. The van der Waals surface area contributed by atoms with Crippen molar-refractivity contribution in [2.45, 2.75) is 64.0 Å². The molecule has 0 bridgehead atoms. The monoisotopic (exact) mass is 460 g/mol. The Labute approximate surface area is 187 Å². The van der Waals surface area contributed by atoms with Crippen molar-refractivity contribution < 1.29 is 37.4 Å². The van der Waals surface area contributed by atoms with Gasteiger partial charge in [-0.2, -0.15) is 0 Å². The summed E-state index contributed by atoms with van der Waals surface area (Å²) in [4.78, 5) is 40.1. The lowest BCUT2D eigenvalue weighted by molar-refractivity contribution is -0.162. The van der Waals surface area contributed by atoms with Crippen molar-refractivity contribution in [1.29, 1.82) is 0 Å². The molecule has 5 atom stereocenters. The van der Waals surface area contributed by atoms with E-state index in [9.17, 15) is 23.2 Å². The van der Waals surface area contributed by atoms with Crippen LogP contribution in [0.25, 0.3) is 0 Å². The van der Waals surface area contributed by atoms with E-state index in [1.54, 1.807) is 18.7 Å². The van der Waals surface area contributed by atoms with Gasteiger partial charge in [-0.1, -0.05) is 0 Å². The molecule has 2 aliphatic heterocycles. The molecule has 0 aromatic rings. The largest absolute Gasteiger partial charge is 0.466 e. The van der Waals surface area contributed by atoms with Crippen LogP contribution < -0.4 is 0 Å². The van der Waals surface area contributed by atoms with Crippen molar-refractivity contribution in [2.75, 3.05) is 40.0 Å². The minimum Gasteiger partial charge on any atom is -0.466 e. The van der Waals surface area contributed by atoms with Crippen molar-refractivity contribution in [1.82, 2.24) is 9.80 Å². The van der Waals surface area contributed by atoms with E-state index in [-0.39, 0.29) is 44.2 Å². The molecule has 3 fully saturated rings. The predicted octanol–water partition coefficient (Wildman–Crippen LogP) is 2.70. The maximum Gasteiger partial charge on any atom is 0.410 e. The Hall–Kier alpha value is -1.97. The number of alkyl halides is 2. The average Bonchev–Trinajstić information content (AvgIpc) is 2.76. The summed E-state index contributed by atoms with van der Waals surface area (Å²) in [6.45, 7) is 4.01. The zero-order valence-corrected chi connectivity index (χ0v) is 19.1. The lowest BCUT2D eigenvalue weighted by Crippen LogP contribution is -2.58. The molecule has 2 unspecified atom stereocenters. The number of hydrogen-bond donors (Lipinski definition) is 0. The van der Waals surface area contributed by atoms with Gasteiger partial charge in [0.2, 0.25) is 0 Å². The van der Waals surface area contributed by atoms with Crippen LogP contribution >= 0.6 is 0 Å². The van der Waals surface area contributed by atoms with Gasteiger partial charge >= 0.3 is 18.0 Å². The fourth-order valence-corrected chi connectivity index (χ4v) is 5.57. The molecular formula is C22H34F2N2O6. The normalized spacial score (nSPS) is 32.5. The first-order chi connectivity index (χ1) is 15.2. The van der Waals surface area contributed by atoms with Crippen LogP contribution in [0.1, 0.15) is 46.0 Å². The number of carbonyl (C=O) groups excluding carboxylic acids is 3. The van der Waals surface area contributed by atoms with Gasteiger partial charge in [0.1, 0.15) is 6.04 Å². The van der Waals surface area contributed by atoms with Gasteiger partial charge in [0, 0.05) is 25.6 Å². The van der Waals surface area contributed by atoms with E-state index in [1.807, 2.05) is 0 Å². The number of rotatable bonds is 5. The number of esters is 2. The maximum absolute atomic E-state index is 14.5. The third kappa shape index (κ3) is 5.50. The minimum absolute atomic E-state index is 0.0978. The minimum atomic E-state index is -2.95. The number of ether oxygens (including phenoxy) is 3. The molecular weight excluding hydrogens is 426 g/mol. The molecule has 2 saturated heterocycles. The molecule has 3 aliphatic rings. The van der Waals surface area contributed by atoms with E-state index in [4.69, 9.17) is 14.2 Å². The molecule has 0 N–H and O–H groups in total. The Balaban J connectivity index is 1.71. The molecule has 8 nitrogen and oxygen atoms in total. The van der Waals surface area contributed by atoms with Crippen LogP contribution in [-0.4, -0.2) is 85.8 Å². The van der Waals surface area contributed by atoms with E-state index < -0.39 is 42.3 Å². The fraction of sp³-hybridized carbons (Fsp3) is 0.864. The highest BCUT2D eigenvalue weighted by Crippen LogP contribution is 2.42. The fourth-order valence-electron chi connectivity index (χ4n) is 5.57. The van der Waals surface area contributed by atoms with Gasteiger partial charge in [0.05, 0.1) is 32.8 Å². The predicted molar refractivity (Wildman–Crippen MR) is 110 cm³/mol. The van der Waals surface area contributed by atoms with Crippen molar-refractivity contribution in [3.8, 4) is 0 Å². The van der Waals surface area contributed by atoms with Crippen molar-refractivity contribution in [3.05, 3.63) is 0 Å². The van der Waals surface area contributed by atoms with Crippen molar-refractivity contribution in [3.63, 3.8) is 0 Å². The van der Waals surface area contributed by atoms with Crippen LogP contribution in [0.4, 0.5) is 13.6 Å². The second-order valence-electron chi connectivity index (χ2n) is 9.05. The lowest BCUT2D eigenvalue weighted by atomic mass is 9.70. The molecule has 32 heavy (non-hydrogen) atoms. The molecule has 10 heteroatoms. The van der Waals surface area contributed by atoms with Gasteiger partial charge in [-0.15, -0.1) is 0 Å². The number of likely N-dealkylation sites (tertiary alicyclic amines) is 2. The van der Waals surface area contributed by atoms with Crippen LogP contribution in [-0.2, 0) is 23.8 Å². The average molecular weight is 461 g/mol. The zero-order chi connectivity index (χ0) is 23.5. The summed E-state index contributed by atoms with van der Waals surface area (Å²) >= 11 is 0. The first kappa shape index (κ1) is 24.7. The van der Waals surface area contributed by atoms with Crippen LogP contribution in [0.2, 0.25) is 0 Å². The Bertz CT molecular complexity index is 706. The Morgan fingerprint density at radius 1 is 0.969 bits per heavy atom. The van der Waals surface area contributed by atoms with E-state index >= 15 is 0 Å². The van der Waals surface area contributed by atoms with Crippen molar-refractivity contribution >= 4 is 18.0 Å². The highest BCUT2D eigenvalue weighted by Gasteiger charge is 2.49. The van der Waals surface area contributed by atoms with E-state index in [0.29, 0.717) is 25.8 Å². The SMILES string of the molecule is CCOC(=O)C1CC2C[C@@H](N3C[C@@H](C(=O)OCC)CC(F)(F)C3)CC[C@H]2CN1C(=O)OC. The van der Waals surface area contributed by atoms with E-state index in [0.717, 1.165) is 6.42 Å². The molecule has 2 heterocycles. The van der Waals surface area contributed by atoms with Crippen molar-refractivity contribution in [2.24, 2.45) is 17.8 Å². The topological polar surface area (TPSA) is 85.4 Å². The van der Waals surface area contributed by atoms with Crippen LogP contribution in [0.15, 0.2) is 0 Å². The molecule has 0 aromatic heterocycles. The van der Waals surface area contributed by atoms with Crippen LogP contribution in [0.5, 0.6) is 0 Å². The Morgan fingerprint density at radius 2 is 1.66 bits per heavy atom. The molecule has 182 valence electrons. The summed E-state index contributed by atoms with van der Waals surface area (Å²) in [5.74, 6) is -4.56. The summed E-state index contributed by atoms with van der Waals surface area (Å²) in [5, 5.41) is 0. The molecule has 1 saturated carbocycles. The van der Waals surface area contributed by atoms with Gasteiger partial charge in [-0.25, -0.2) is 18.4 Å². The number of halogens is 2. The van der Waals surface area contributed by atoms with E-state index in [2.05, 4.69) is 0 Å². The molecule has 3 rings (SSSR count). The smallest absolute Gasteiger partial charge is 0.410 e. The summed E-state index contributed by atoms with van der Waals surface area (Å²) in [7, 11) is 1.28. The van der Waals surface area contributed by atoms with Gasteiger partial charge in [0.15, 0.2) is 0 Å². The summed E-state index contributed by atoms with van der Waals surface area (Å²) in [6, 6.07) is -0.843. The Morgan fingerprint density at radius 3 is 2.31 bits per heavy atom. The first-order valence-electron chi connectivity index (χ1n) is 11.5. The summed E-state index contributed by atoms with van der Waals surface area (Å²) < 4.78 is 44.0. The lowest BCUT2D eigenvalue weighted by Gasteiger charge is -2.49. The quantitative estimate of drug-likeness (QED) is 0.461. The number of amides is 1. The molecule has 0 radical (unpaired) electrons. The Kier molecular flexibility index (Phi) is 7.95. The third-order valence-corrected chi connectivity index (χ3v) is 6.98. The summed E-state index contributed by atoms with van der Waals surface area (Å²) in [6.07, 6.45) is 1.47. The standard InChI is InChI=1S/C22H34F2N2O6/c1-4-31-19(27)16-10-22(23,24)13-25(11-16)17-7-6-14-12-26(21(29)30-3)18(9-15(14)8-17)20(28)32-5-2/h14-18H,4-13H2,1-3H3/t14-,15?,16-,17-,18?/m0/s1. The van der Waals surface area contributed by atoms with Gasteiger partial charge in [-0.3, -0.25) is 14.6 Å². The highest BCUT2D eigenvalue weighted by atomic mass is 19.3. The second-order valence-corrected chi connectivity index (χ2v) is 9.05. The number of piperidine rings is 2. The number of methoxy groups -OCH3 is 1. The van der Waals surface area contributed by atoms with Gasteiger partial charge in [-0.05, 0) is 51.4 Å². The van der Waals surface area contributed by atoms with Gasteiger partial charge < -0.3 is 14.2 Å². The van der Waals surface area contributed by atoms with Crippen LogP contribution in [0.3, 0.4) is 0 Å². The zero-order valence-electron chi connectivity index (χ0n) is 19.1. The van der Waals surface area contributed by atoms with Gasteiger partial charge in [0.25, 0.3) is 5.92 Å². The third-order valence-electron chi connectivity index (χ3n) is 6.98. The molecule has 1 amide bonds. The molecule has 0 aromatic carbocycles. The number of fused-ring (bicyclic) bond motifs is 1. The number of hydrogen-bond acceptors (Lipinski definition) is 7. The number of carbonyl (C=O) groups is 3. The second kappa shape index (κ2) is 10.3. The first-order valence-corrected chi connectivity index (χ1v) is 11.5. The molecule has 0 spiro atoms. The van der Waals surface area contributed by atoms with E-state index in [1.165, 1.54) is 12.0 Å². The summed E-state index contributed by atoms with van der Waals surface area (Å²) in [5.41, 5.74) is 0. The molecule has 1 aliphatic carbocycles.